The summed E-state index contributed by atoms with van der Waals surface area (Å²) in [4.78, 5) is 17.3. The molecule has 2 amide bonds. The maximum atomic E-state index is 13.4. The Bertz CT molecular complexity index is 1320. The minimum Gasteiger partial charge on any atom is -0.369 e. The lowest BCUT2D eigenvalue weighted by Crippen LogP contribution is -2.58. The van der Waals surface area contributed by atoms with E-state index in [1.807, 2.05) is 0 Å². The Morgan fingerprint density at radius 1 is 1.17 bits per heavy atom. The Morgan fingerprint density at radius 2 is 1.89 bits per heavy atom. The van der Waals surface area contributed by atoms with E-state index in [9.17, 15) is 35.5 Å². The van der Waals surface area contributed by atoms with Crippen LogP contribution in [0.1, 0.15) is 27.1 Å². The van der Waals surface area contributed by atoms with Gasteiger partial charge in [-0.2, -0.15) is 36.0 Å². The number of likely N-dealkylation sites (tertiary alicyclic amines) is 1. The van der Waals surface area contributed by atoms with Crippen LogP contribution in [-0.2, 0) is 6.18 Å². The van der Waals surface area contributed by atoms with Crippen LogP contribution in [0.2, 0.25) is 0 Å². The van der Waals surface area contributed by atoms with Crippen LogP contribution in [0.3, 0.4) is 0 Å². The van der Waals surface area contributed by atoms with Gasteiger partial charge in [0.2, 0.25) is 0 Å². The van der Waals surface area contributed by atoms with Gasteiger partial charge in [0.25, 0.3) is 0 Å². The monoisotopic (exact) mass is 507 g/mol. The van der Waals surface area contributed by atoms with Gasteiger partial charge in [-0.1, -0.05) is 12.1 Å². The lowest BCUT2D eigenvalue weighted by atomic mass is 9.83. The molecule has 0 saturated carbocycles. The SMILES string of the molecule is [2H]C([2H])([2H])c1cc(NCC2CN(C(=O)NCC(F)(F)F)C2c2ccc(F)cc2)n2nc(C(F)(F)F)cc2n1. The molecule has 0 radical (unpaired) electrons. The van der Waals surface area contributed by atoms with Crippen LogP contribution in [0.15, 0.2) is 36.4 Å². The molecule has 0 spiro atoms. The number of aromatic nitrogens is 3. The fourth-order valence-electron chi connectivity index (χ4n) is 3.83. The average Bonchev–Trinajstić information content (AvgIpc) is 3.22. The van der Waals surface area contributed by atoms with Gasteiger partial charge in [-0.15, -0.1) is 0 Å². The first-order chi connectivity index (χ1) is 17.5. The summed E-state index contributed by atoms with van der Waals surface area (Å²) in [6.07, 6.45) is -9.46. The Morgan fingerprint density at radius 3 is 2.51 bits per heavy atom. The number of rotatable bonds is 5. The van der Waals surface area contributed by atoms with E-state index in [1.165, 1.54) is 12.1 Å². The highest BCUT2D eigenvalue weighted by Crippen LogP contribution is 2.39. The summed E-state index contributed by atoms with van der Waals surface area (Å²) in [6, 6.07) is 4.74. The van der Waals surface area contributed by atoms with Gasteiger partial charge in [0.15, 0.2) is 11.3 Å². The molecule has 3 heterocycles. The zero-order chi connectivity index (χ0) is 28.0. The minimum atomic E-state index is -4.82. The van der Waals surface area contributed by atoms with Crippen LogP contribution in [0.4, 0.5) is 41.3 Å². The first-order valence-corrected chi connectivity index (χ1v) is 10.1. The van der Waals surface area contributed by atoms with Gasteiger partial charge in [0, 0.05) is 40.9 Å². The first-order valence-electron chi connectivity index (χ1n) is 11.6. The molecule has 2 atom stereocenters. The van der Waals surface area contributed by atoms with Crippen LogP contribution in [0, 0.1) is 18.6 Å². The maximum absolute atomic E-state index is 13.4. The van der Waals surface area contributed by atoms with Crippen molar-refractivity contribution in [3.8, 4) is 0 Å². The highest BCUT2D eigenvalue weighted by molar-refractivity contribution is 5.76. The van der Waals surface area contributed by atoms with Gasteiger partial charge in [-0.05, 0) is 24.5 Å². The summed E-state index contributed by atoms with van der Waals surface area (Å²) >= 11 is 0. The largest absolute Gasteiger partial charge is 0.435 e. The van der Waals surface area contributed by atoms with Crippen molar-refractivity contribution < 1.29 is 39.6 Å². The van der Waals surface area contributed by atoms with Gasteiger partial charge in [-0.25, -0.2) is 14.2 Å². The number of anilines is 1. The van der Waals surface area contributed by atoms with Crippen molar-refractivity contribution in [3.63, 3.8) is 0 Å². The molecule has 35 heavy (non-hydrogen) atoms. The molecular formula is C21H19F7N6O. The van der Waals surface area contributed by atoms with E-state index in [4.69, 9.17) is 4.11 Å². The van der Waals surface area contributed by atoms with Crippen LogP contribution in [0.5, 0.6) is 0 Å². The van der Waals surface area contributed by atoms with Crippen molar-refractivity contribution in [2.75, 3.05) is 25.0 Å². The summed E-state index contributed by atoms with van der Waals surface area (Å²) in [5, 5.41) is 8.06. The van der Waals surface area contributed by atoms with Crippen molar-refractivity contribution >= 4 is 17.5 Å². The fourth-order valence-corrected chi connectivity index (χ4v) is 3.83. The third-order valence-electron chi connectivity index (χ3n) is 5.39. The molecule has 2 N–H and O–H groups in total. The smallest absolute Gasteiger partial charge is 0.369 e. The molecule has 1 aliphatic heterocycles. The molecule has 2 aromatic heterocycles. The molecule has 1 saturated heterocycles. The number of fused-ring (bicyclic) bond motifs is 1. The zero-order valence-electron chi connectivity index (χ0n) is 20.6. The Labute approximate surface area is 198 Å². The molecule has 0 aliphatic carbocycles. The summed E-state index contributed by atoms with van der Waals surface area (Å²) in [5.74, 6) is -1.20. The standard InChI is InChI=1S/C21H19F7N6O/c1-11-6-16(34-17(31-11)7-15(32-34)21(26,27)28)29-8-13-9-33(19(35)30-10-20(23,24)25)18(13)12-2-4-14(22)5-3-12/h2-7,13,18,29H,8-10H2,1H3,(H,30,35)/i1D3. The van der Waals surface area contributed by atoms with Gasteiger partial charge < -0.3 is 15.5 Å². The third kappa shape index (κ3) is 5.41. The number of carbonyl (C=O) groups excluding carboxylic acids is 1. The van der Waals surface area contributed by atoms with Crippen LogP contribution < -0.4 is 10.6 Å². The van der Waals surface area contributed by atoms with Gasteiger partial charge in [-0.3, -0.25) is 0 Å². The van der Waals surface area contributed by atoms with E-state index >= 15 is 0 Å². The zero-order valence-corrected chi connectivity index (χ0v) is 17.6. The Kier molecular flexibility index (Phi) is 5.27. The number of aryl methyl sites for hydroxylation is 1. The minimum absolute atomic E-state index is 0.0496. The van der Waals surface area contributed by atoms with Crippen LogP contribution >= 0.6 is 0 Å². The number of urea groups is 1. The van der Waals surface area contributed by atoms with Crippen molar-refractivity contribution in [1.29, 1.82) is 0 Å². The second kappa shape index (κ2) is 8.89. The molecule has 14 heteroatoms. The number of amides is 2. The van der Waals surface area contributed by atoms with Gasteiger partial charge in [0.05, 0.1) is 6.04 Å². The lowest BCUT2D eigenvalue weighted by molar-refractivity contribution is -0.141. The average molecular weight is 507 g/mol. The quantitative estimate of drug-likeness (QED) is 0.497. The molecule has 188 valence electrons. The normalized spacial score (nSPS) is 20.1. The molecule has 4 rings (SSSR count). The van der Waals surface area contributed by atoms with E-state index < -0.39 is 60.9 Å². The Hall–Kier alpha value is -3.58. The molecule has 2 unspecified atom stereocenters. The molecule has 1 aromatic carbocycles. The topological polar surface area (TPSA) is 74.6 Å². The summed E-state index contributed by atoms with van der Waals surface area (Å²) in [6.45, 7) is -4.41. The second-order valence-corrected chi connectivity index (χ2v) is 7.89. The highest BCUT2D eigenvalue weighted by atomic mass is 19.4. The number of benzene rings is 1. The molecule has 7 nitrogen and oxygen atoms in total. The van der Waals surface area contributed by atoms with E-state index in [0.717, 1.165) is 27.6 Å². The van der Waals surface area contributed by atoms with Crippen molar-refractivity contribution in [2.24, 2.45) is 5.92 Å². The highest BCUT2D eigenvalue weighted by Gasteiger charge is 2.43. The number of carbonyl (C=O) groups is 1. The van der Waals surface area contributed by atoms with Crippen molar-refractivity contribution in [2.45, 2.75) is 25.2 Å². The van der Waals surface area contributed by atoms with E-state index in [1.54, 1.807) is 5.32 Å². The summed E-state index contributed by atoms with van der Waals surface area (Å²) in [7, 11) is 0. The second-order valence-electron chi connectivity index (χ2n) is 7.89. The summed E-state index contributed by atoms with van der Waals surface area (Å²) in [5.41, 5.74) is -1.74. The molecule has 1 aliphatic rings. The fraction of sp³-hybridized carbons (Fsp3) is 0.381. The van der Waals surface area contributed by atoms with Gasteiger partial charge >= 0.3 is 18.4 Å². The molecule has 0 bridgehead atoms. The third-order valence-corrected chi connectivity index (χ3v) is 5.39. The maximum Gasteiger partial charge on any atom is 0.435 e. The first kappa shape index (κ1) is 20.8. The molecule has 1 fully saturated rings. The van der Waals surface area contributed by atoms with Gasteiger partial charge in [0.1, 0.15) is 18.2 Å². The predicted octanol–water partition coefficient (Wildman–Crippen LogP) is 4.55. The molecular weight excluding hydrogens is 485 g/mol. The van der Waals surface area contributed by atoms with Crippen molar-refractivity contribution in [1.82, 2.24) is 24.8 Å². The predicted molar refractivity (Wildman–Crippen MR) is 110 cm³/mol. The Balaban J connectivity index is 1.60. The number of nitrogens with one attached hydrogen (secondary N) is 2. The van der Waals surface area contributed by atoms with E-state index in [-0.39, 0.29) is 24.6 Å². The number of hydrogen-bond acceptors (Lipinski definition) is 4. The number of hydrogen-bond donors (Lipinski definition) is 2. The number of nitrogens with zero attached hydrogens (tertiary/aromatic N) is 4. The van der Waals surface area contributed by atoms with E-state index in [0.29, 0.717) is 11.6 Å². The van der Waals surface area contributed by atoms with Crippen LogP contribution in [0.25, 0.3) is 5.65 Å². The van der Waals surface area contributed by atoms with E-state index in [2.05, 4.69) is 15.4 Å². The lowest BCUT2D eigenvalue weighted by Gasteiger charge is -2.48. The molecule has 3 aromatic rings. The number of halogens is 7. The van der Waals surface area contributed by atoms with Crippen LogP contribution in [-0.4, -0.2) is 51.3 Å². The number of alkyl halides is 6. The van der Waals surface area contributed by atoms with Crippen molar-refractivity contribution in [3.05, 3.63) is 59.2 Å². The summed E-state index contributed by atoms with van der Waals surface area (Å²) < 4.78 is 114.